The number of fused-ring (bicyclic) bond motifs is 1. The standard InChI is InChI=1S/C15H21N3O/c1-11(2)16-8-9-18-15-14-5-4-13(19-3)10-12(14)6-7-17-15/h4-7,10-11,16H,8-9H2,1-3H3,(H,17,18). The molecule has 102 valence electrons. The Hall–Kier alpha value is -1.81. The summed E-state index contributed by atoms with van der Waals surface area (Å²) in [6, 6.07) is 8.52. The molecule has 0 unspecified atom stereocenters. The van der Waals surface area contributed by atoms with Crippen molar-refractivity contribution in [1.82, 2.24) is 10.3 Å². The van der Waals surface area contributed by atoms with Crippen LogP contribution in [-0.2, 0) is 0 Å². The van der Waals surface area contributed by atoms with Crippen LogP contribution in [0.15, 0.2) is 30.5 Å². The fourth-order valence-electron chi connectivity index (χ4n) is 1.97. The van der Waals surface area contributed by atoms with Gasteiger partial charge in [-0.15, -0.1) is 0 Å². The molecule has 0 aliphatic carbocycles. The molecule has 19 heavy (non-hydrogen) atoms. The van der Waals surface area contributed by atoms with Crippen LogP contribution >= 0.6 is 0 Å². The zero-order valence-corrected chi connectivity index (χ0v) is 11.7. The topological polar surface area (TPSA) is 46.2 Å². The third kappa shape index (κ3) is 3.58. The van der Waals surface area contributed by atoms with E-state index in [1.807, 2.05) is 30.5 Å². The Labute approximate surface area is 114 Å². The minimum absolute atomic E-state index is 0.506. The number of hydrogen-bond acceptors (Lipinski definition) is 4. The Bertz CT molecular complexity index is 540. The van der Waals surface area contributed by atoms with Gasteiger partial charge in [-0.2, -0.15) is 0 Å². The van der Waals surface area contributed by atoms with E-state index in [0.29, 0.717) is 6.04 Å². The van der Waals surface area contributed by atoms with Gasteiger partial charge in [-0.1, -0.05) is 13.8 Å². The molecule has 2 N–H and O–H groups in total. The number of anilines is 1. The van der Waals surface area contributed by atoms with Crippen molar-refractivity contribution in [3.05, 3.63) is 30.5 Å². The van der Waals surface area contributed by atoms with Crippen LogP contribution in [0.4, 0.5) is 5.82 Å². The first kappa shape index (κ1) is 13.6. The van der Waals surface area contributed by atoms with E-state index in [1.54, 1.807) is 7.11 Å². The molecule has 0 amide bonds. The van der Waals surface area contributed by atoms with Gasteiger partial charge in [0.25, 0.3) is 0 Å². The zero-order valence-electron chi connectivity index (χ0n) is 11.7. The van der Waals surface area contributed by atoms with E-state index in [-0.39, 0.29) is 0 Å². The number of pyridine rings is 1. The van der Waals surface area contributed by atoms with Crippen molar-refractivity contribution in [2.24, 2.45) is 0 Å². The van der Waals surface area contributed by atoms with Gasteiger partial charge in [0.05, 0.1) is 7.11 Å². The molecule has 0 radical (unpaired) electrons. The van der Waals surface area contributed by atoms with Crippen molar-refractivity contribution >= 4 is 16.6 Å². The number of nitrogens with one attached hydrogen (secondary N) is 2. The monoisotopic (exact) mass is 259 g/mol. The predicted octanol–water partition coefficient (Wildman–Crippen LogP) is 2.65. The molecule has 0 saturated heterocycles. The number of aromatic nitrogens is 1. The van der Waals surface area contributed by atoms with Crippen molar-refractivity contribution in [3.63, 3.8) is 0 Å². The molecular formula is C15H21N3O. The first-order chi connectivity index (χ1) is 9.20. The lowest BCUT2D eigenvalue weighted by atomic mass is 10.1. The molecule has 1 aromatic heterocycles. The first-order valence-corrected chi connectivity index (χ1v) is 6.60. The zero-order chi connectivity index (χ0) is 13.7. The predicted molar refractivity (Wildman–Crippen MR) is 79.9 cm³/mol. The second-order valence-corrected chi connectivity index (χ2v) is 4.78. The molecule has 0 saturated carbocycles. The van der Waals surface area contributed by atoms with E-state index >= 15 is 0 Å². The van der Waals surface area contributed by atoms with Gasteiger partial charge in [-0.25, -0.2) is 4.98 Å². The third-order valence-corrected chi connectivity index (χ3v) is 2.94. The lowest BCUT2D eigenvalue weighted by Gasteiger charge is -2.11. The van der Waals surface area contributed by atoms with Crippen LogP contribution in [0.3, 0.4) is 0 Å². The number of hydrogen-bond donors (Lipinski definition) is 2. The smallest absolute Gasteiger partial charge is 0.133 e. The summed E-state index contributed by atoms with van der Waals surface area (Å²) >= 11 is 0. The molecule has 2 rings (SSSR count). The first-order valence-electron chi connectivity index (χ1n) is 6.60. The minimum atomic E-state index is 0.506. The molecule has 4 nitrogen and oxygen atoms in total. The van der Waals surface area contributed by atoms with Gasteiger partial charge in [0.2, 0.25) is 0 Å². The van der Waals surface area contributed by atoms with E-state index in [2.05, 4.69) is 29.5 Å². The van der Waals surface area contributed by atoms with E-state index < -0.39 is 0 Å². The summed E-state index contributed by atoms with van der Waals surface area (Å²) in [7, 11) is 1.68. The van der Waals surface area contributed by atoms with Crippen molar-refractivity contribution in [2.75, 3.05) is 25.5 Å². The lowest BCUT2D eigenvalue weighted by molar-refractivity contribution is 0.415. The van der Waals surface area contributed by atoms with Crippen LogP contribution in [0.25, 0.3) is 10.8 Å². The van der Waals surface area contributed by atoms with Crippen LogP contribution in [0, 0.1) is 0 Å². The molecule has 1 aromatic carbocycles. The fourth-order valence-corrected chi connectivity index (χ4v) is 1.97. The highest BCUT2D eigenvalue weighted by Gasteiger charge is 2.03. The third-order valence-electron chi connectivity index (χ3n) is 2.94. The Balaban J connectivity index is 2.10. The normalized spacial score (nSPS) is 10.9. The molecule has 0 aliphatic rings. The maximum Gasteiger partial charge on any atom is 0.133 e. The Kier molecular flexibility index (Phi) is 4.58. The Morgan fingerprint density at radius 1 is 1.21 bits per heavy atom. The Morgan fingerprint density at radius 2 is 2.05 bits per heavy atom. The SMILES string of the molecule is COc1ccc2c(NCCNC(C)C)nccc2c1. The van der Waals surface area contributed by atoms with E-state index in [9.17, 15) is 0 Å². The summed E-state index contributed by atoms with van der Waals surface area (Å²) in [5.74, 6) is 1.79. The van der Waals surface area contributed by atoms with Gasteiger partial charge in [-0.3, -0.25) is 0 Å². The second kappa shape index (κ2) is 6.38. The van der Waals surface area contributed by atoms with Crippen molar-refractivity contribution in [2.45, 2.75) is 19.9 Å². The molecule has 0 atom stereocenters. The summed E-state index contributed by atoms with van der Waals surface area (Å²) in [5, 5.41) is 8.99. The summed E-state index contributed by atoms with van der Waals surface area (Å²) in [4.78, 5) is 4.40. The molecule has 0 aliphatic heterocycles. The molecule has 0 fully saturated rings. The summed E-state index contributed by atoms with van der Waals surface area (Å²) in [6.07, 6.45) is 1.82. The van der Waals surface area contributed by atoms with Crippen LogP contribution in [-0.4, -0.2) is 31.2 Å². The average Bonchev–Trinajstić information content (AvgIpc) is 2.42. The summed E-state index contributed by atoms with van der Waals surface area (Å²) in [5.41, 5.74) is 0. The molecular weight excluding hydrogens is 238 g/mol. The molecule has 0 bridgehead atoms. The highest BCUT2D eigenvalue weighted by molar-refractivity contribution is 5.92. The number of ether oxygens (including phenoxy) is 1. The van der Waals surface area contributed by atoms with Gasteiger partial charge in [0.1, 0.15) is 11.6 Å². The van der Waals surface area contributed by atoms with Gasteiger partial charge < -0.3 is 15.4 Å². The quantitative estimate of drug-likeness (QED) is 0.783. The summed E-state index contributed by atoms with van der Waals surface area (Å²) in [6.45, 7) is 6.06. The molecule has 4 heteroatoms. The van der Waals surface area contributed by atoms with Crippen LogP contribution in [0.5, 0.6) is 5.75 Å². The number of benzene rings is 1. The van der Waals surface area contributed by atoms with Gasteiger partial charge in [0, 0.05) is 30.7 Å². The van der Waals surface area contributed by atoms with Crippen molar-refractivity contribution < 1.29 is 4.74 Å². The van der Waals surface area contributed by atoms with Crippen LogP contribution in [0.2, 0.25) is 0 Å². The van der Waals surface area contributed by atoms with E-state index in [1.165, 1.54) is 0 Å². The fraction of sp³-hybridized carbons (Fsp3) is 0.400. The minimum Gasteiger partial charge on any atom is -0.497 e. The highest BCUT2D eigenvalue weighted by Crippen LogP contribution is 2.24. The van der Waals surface area contributed by atoms with Gasteiger partial charge in [-0.05, 0) is 29.7 Å². The molecule has 1 heterocycles. The average molecular weight is 259 g/mol. The number of nitrogens with zero attached hydrogens (tertiary/aromatic N) is 1. The van der Waals surface area contributed by atoms with Gasteiger partial charge in [0.15, 0.2) is 0 Å². The molecule has 0 spiro atoms. The lowest BCUT2D eigenvalue weighted by Crippen LogP contribution is -2.28. The highest BCUT2D eigenvalue weighted by atomic mass is 16.5. The van der Waals surface area contributed by atoms with Crippen LogP contribution in [0.1, 0.15) is 13.8 Å². The van der Waals surface area contributed by atoms with E-state index in [0.717, 1.165) is 35.4 Å². The maximum atomic E-state index is 5.24. The van der Waals surface area contributed by atoms with Crippen molar-refractivity contribution in [1.29, 1.82) is 0 Å². The van der Waals surface area contributed by atoms with Crippen molar-refractivity contribution in [3.8, 4) is 5.75 Å². The largest absolute Gasteiger partial charge is 0.497 e. The van der Waals surface area contributed by atoms with Crippen LogP contribution < -0.4 is 15.4 Å². The number of methoxy groups -OCH3 is 1. The number of rotatable bonds is 6. The summed E-state index contributed by atoms with van der Waals surface area (Å²) < 4.78 is 5.24. The van der Waals surface area contributed by atoms with E-state index in [4.69, 9.17) is 4.74 Å². The molecule has 2 aromatic rings. The second-order valence-electron chi connectivity index (χ2n) is 4.78. The van der Waals surface area contributed by atoms with Gasteiger partial charge >= 0.3 is 0 Å². The maximum absolute atomic E-state index is 5.24. The Morgan fingerprint density at radius 3 is 2.79 bits per heavy atom.